The molecule has 1 heterocycles. The second kappa shape index (κ2) is 3.55. The van der Waals surface area contributed by atoms with Crippen molar-refractivity contribution in [3.63, 3.8) is 0 Å². The minimum atomic E-state index is -0.277. The lowest BCUT2D eigenvalue weighted by Crippen LogP contribution is -2.44. The first-order chi connectivity index (χ1) is 5.65. The second-order valence-corrected chi connectivity index (χ2v) is 2.58. The molecule has 0 fully saturated rings. The molecule has 1 aliphatic heterocycles. The van der Waals surface area contributed by atoms with E-state index in [4.69, 9.17) is 5.73 Å². The number of likely N-dealkylation sites (N-methyl/N-ethyl adjacent to an activating group) is 1. The van der Waals surface area contributed by atoms with Gasteiger partial charge >= 0.3 is 5.97 Å². The molecule has 0 aromatic rings. The molecular weight excluding hydrogens is 158 g/mol. The zero-order chi connectivity index (χ0) is 9.14. The molecule has 1 unspecified atom stereocenters. The molecule has 0 spiro atoms. The molecule has 68 valence electrons. The van der Waals surface area contributed by atoms with Crippen LogP contribution in [0, 0.1) is 0 Å². The number of ether oxygens (including phenoxy) is 1. The predicted octanol–water partition coefficient (Wildman–Crippen LogP) is -0.880. The van der Waals surface area contributed by atoms with Crippen molar-refractivity contribution in [3.05, 3.63) is 12.3 Å². The van der Waals surface area contributed by atoms with Crippen molar-refractivity contribution in [2.24, 2.45) is 5.73 Å². The van der Waals surface area contributed by atoms with E-state index in [1.54, 1.807) is 16.2 Å². The van der Waals surface area contributed by atoms with E-state index in [9.17, 15) is 4.79 Å². The van der Waals surface area contributed by atoms with E-state index in [0.29, 0.717) is 0 Å². The molecule has 0 bridgehead atoms. The summed E-state index contributed by atoms with van der Waals surface area (Å²) in [5.74, 6) is -0.277. The molecule has 12 heavy (non-hydrogen) atoms. The number of esters is 1. The maximum atomic E-state index is 10.9. The molecule has 0 aromatic heterocycles. The summed E-state index contributed by atoms with van der Waals surface area (Å²) in [5.41, 5.74) is 5.63. The lowest BCUT2D eigenvalue weighted by Gasteiger charge is -2.26. The van der Waals surface area contributed by atoms with E-state index in [1.165, 1.54) is 7.11 Å². The van der Waals surface area contributed by atoms with Gasteiger partial charge in [0.25, 0.3) is 0 Å². The van der Waals surface area contributed by atoms with E-state index >= 15 is 0 Å². The predicted molar refractivity (Wildman–Crippen MR) is 43.6 cm³/mol. The van der Waals surface area contributed by atoms with Crippen LogP contribution in [0.1, 0.15) is 0 Å². The summed E-state index contributed by atoms with van der Waals surface area (Å²) in [6.45, 7) is 0.206. The zero-order valence-corrected chi connectivity index (χ0v) is 7.23. The van der Waals surface area contributed by atoms with Crippen LogP contribution in [0.3, 0.4) is 0 Å². The zero-order valence-electron chi connectivity index (χ0n) is 7.23. The summed E-state index contributed by atoms with van der Waals surface area (Å²) in [6.07, 6.45) is 3.43. The first-order valence-electron chi connectivity index (χ1n) is 3.65. The molecule has 1 aliphatic rings. The number of hydrazine groups is 1. The summed E-state index contributed by atoms with van der Waals surface area (Å²) >= 11 is 0. The van der Waals surface area contributed by atoms with Crippen molar-refractivity contribution in [1.82, 2.24) is 10.0 Å². The summed E-state index contributed by atoms with van der Waals surface area (Å²) < 4.78 is 4.51. The lowest BCUT2D eigenvalue weighted by atomic mass is 10.5. The molecule has 0 saturated carbocycles. The van der Waals surface area contributed by atoms with Crippen LogP contribution in [0.4, 0.5) is 0 Å². The topological polar surface area (TPSA) is 58.8 Å². The fraction of sp³-hybridized carbons (Fsp3) is 0.571. The van der Waals surface area contributed by atoms with Crippen LogP contribution < -0.4 is 5.73 Å². The number of rotatable bonds is 2. The normalized spacial score (nSPS) is 23.2. The molecular formula is C7H13N3O2. The van der Waals surface area contributed by atoms with Gasteiger partial charge < -0.3 is 15.5 Å². The third-order valence-electron chi connectivity index (χ3n) is 1.81. The summed E-state index contributed by atoms with van der Waals surface area (Å²) in [6, 6.07) is 0. The maximum absolute atomic E-state index is 10.9. The molecule has 5 nitrogen and oxygen atoms in total. The molecule has 2 N–H and O–H groups in total. The van der Waals surface area contributed by atoms with Gasteiger partial charge in [-0.1, -0.05) is 0 Å². The number of carbonyl (C=O) groups excluding carboxylic acids is 1. The first-order valence-corrected chi connectivity index (χ1v) is 3.65. The van der Waals surface area contributed by atoms with Gasteiger partial charge in [0.1, 0.15) is 6.54 Å². The Morgan fingerprint density at radius 2 is 2.42 bits per heavy atom. The number of hydrogen-bond donors (Lipinski definition) is 1. The van der Waals surface area contributed by atoms with Crippen LogP contribution in [0.25, 0.3) is 0 Å². The van der Waals surface area contributed by atoms with Crippen LogP contribution in [0.2, 0.25) is 0 Å². The molecule has 0 amide bonds. The van der Waals surface area contributed by atoms with Gasteiger partial charge in [-0.2, -0.15) is 0 Å². The quantitative estimate of drug-likeness (QED) is 0.547. The van der Waals surface area contributed by atoms with Crippen molar-refractivity contribution >= 4 is 5.97 Å². The Bertz CT molecular complexity index is 205. The van der Waals surface area contributed by atoms with Crippen LogP contribution in [-0.4, -0.2) is 42.9 Å². The van der Waals surface area contributed by atoms with Crippen LogP contribution in [0.15, 0.2) is 12.3 Å². The van der Waals surface area contributed by atoms with Gasteiger partial charge in [-0.3, -0.25) is 4.79 Å². The molecule has 0 saturated heterocycles. The van der Waals surface area contributed by atoms with Crippen LogP contribution in [-0.2, 0) is 9.53 Å². The van der Waals surface area contributed by atoms with Gasteiger partial charge in [-0.15, -0.1) is 0 Å². The fourth-order valence-corrected chi connectivity index (χ4v) is 0.950. The van der Waals surface area contributed by atoms with Gasteiger partial charge in [0, 0.05) is 13.2 Å². The third-order valence-corrected chi connectivity index (χ3v) is 1.81. The number of carbonyl (C=O) groups is 1. The Morgan fingerprint density at radius 1 is 1.75 bits per heavy atom. The number of nitrogens with two attached hydrogens (primary N) is 1. The van der Waals surface area contributed by atoms with Gasteiger partial charge in [0.15, 0.2) is 0 Å². The van der Waals surface area contributed by atoms with Crippen molar-refractivity contribution in [2.75, 3.05) is 20.7 Å². The van der Waals surface area contributed by atoms with Gasteiger partial charge in [0.05, 0.1) is 13.3 Å². The highest BCUT2D eigenvalue weighted by Gasteiger charge is 2.20. The smallest absolute Gasteiger partial charge is 0.326 e. The molecule has 0 aliphatic carbocycles. The molecule has 5 heteroatoms. The van der Waals surface area contributed by atoms with Gasteiger partial charge in [-0.25, -0.2) is 5.01 Å². The first kappa shape index (κ1) is 9.02. The summed E-state index contributed by atoms with van der Waals surface area (Å²) in [7, 11) is 3.18. The number of methoxy groups -OCH3 is 1. The molecule has 1 atom stereocenters. The highest BCUT2D eigenvalue weighted by atomic mass is 16.5. The van der Waals surface area contributed by atoms with E-state index in [0.717, 1.165) is 0 Å². The molecule has 1 rings (SSSR count). The average molecular weight is 171 g/mol. The third kappa shape index (κ3) is 1.75. The number of hydrogen-bond acceptors (Lipinski definition) is 5. The summed E-state index contributed by atoms with van der Waals surface area (Å²) in [5, 5.41) is 3.47. The molecule has 0 radical (unpaired) electrons. The maximum Gasteiger partial charge on any atom is 0.326 e. The van der Waals surface area contributed by atoms with Crippen molar-refractivity contribution in [1.29, 1.82) is 0 Å². The van der Waals surface area contributed by atoms with Crippen molar-refractivity contribution in [2.45, 2.75) is 6.17 Å². The van der Waals surface area contributed by atoms with Gasteiger partial charge in [0.2, 0.25) is 0 Å². The minimum absolute atomic E-state index is 0.144. The fourth-order valence-electron chi connectivity index (χ4n) is 0.950. The van der Waals surface area contributed by atoms with E-state index in [2.05, 4.69) is 4.74 Å². The second-order valence-electron chi connectivity index (χ2n) is 2.58. The van der Waals surface area contributed by atoms with Crippen LogP contribution >= 0.6 is 0 Å². The van der Waals surface area contributed by atoms with E-state index < -0.39 is 0 Å². The molecule has 0 aromatic carbocycles. The number of nitrogens with zero attached hydrogens (tertiary/aromatic N) is 2. The Labute approximate surface area is 71.3 Å². The highest BCUT2D eigenvalue weighted by Crippen LogP contribution is 2.07. The standard InChI is InChI=1S/C7H13N3O2/c1-9-6(8)3-4-10(9)5-7(11)12-2/h3-4,6H,5,8H2,1-2H3. The Balaban J connectivity index is 2.44. The lowest BCUT2D eigenvalue weighted by molar-refractivity contribution is -0.144. The Hall–Kier alpha value is -1.07. The Morgan fingerprint density at radius 3 is 2.83 bits per heavy atom. The van der Waals surface area contributed by atoms with E-state index in [1.807, 2.05) is 13.1 Å². The largest absolute Gasteiger partial charge is 0.468 e. The highest BCUT2D eigenvalue weighted by molar-refractivity contribution is 5.71. The van der Waals surface area contributed by atoms with Crippen LogP contribution in [0.5, 0.6) is 0 Å². The van der Waals surface area contributed by atoms with E-state index in [-0.39, 0.29) is 18.7 Å². The minimum Gasteiger partial charge on any atom is -0.468 e. The SMILES string of the molecule is COC(=O)CN1C=CC(N)N1C. The monoisotopic (exact) mass is 171 g/mol. The summed E-state index contributed by atoms with van der Waals surface area (Å²) in [4.78, 5) is 10.9. The van der Waals surface area contributed by atoms with Gasteiger partial charge in [-0.05, 0) is 6.08 Å². The average Bonchev–Trinajstić information content (AvgIpc) is 2.36. The van der Waals surface area contributed by atoms with Crippen molar-refractivity contribution in [3.8, 4) is 0 Å². The Kier molecular flexibility index (Phi) is 2.67. The van der Waals surface area contributed by atoms with Crippen molar-refractivity contribution < 1.29 is 9.53 Å².